The highest BCUT2D eigenvalue weighted by Gasteiger charge is 2.83. The topological polar surface area (TPSA) is 202 Å². The minimum atomic E-state index is -2.10. The second-order valence-electron chi connectivity index (χ2n) is 16.4. The molecular formula is C36H46O14. The molecule has 4 saturated carbocycles. The number of esters is 5. The van der Waals surface area contributed by atoms with E-state index in [1.54, 1.807) is 26.8 Å². The van der Waals surface area contributed by atoms with Gasteiger partial charge in [0, 0.05) is 68.1 Å². The highest BCUT2D eigenvalue weighted by atomic mass is 16.6. The summed E-state index contributed by atoms with van der Waals surface area (Å²) in [6.07, 6.45) is -5.40. The van der Waals surface area contributed by atoms with Gasteiger partial charge in [0.1, 0.15) is 42.4 Å². The molecule has 5 aliphatic carbocycles. The van der Waals surface area contributed by atoms with Gasteiger partial charge < -0.3 is 38.6 Å². The van der Waals surface area contributed by atoms with Crippen molar-refractivity contribution in [3.8, 4) is 0 Å². The molecule has 50 heavy (non-hydrogen) atoms. The number of hydrogen-bond donors (Lipinski definition) is 2. The number of rotatable bonds is 4. The molecule has 14 heteroatoms. The Morgan fingerprint density at radius 3 is 1.90 bits per heavy atom. The molecule has 0 aromatic carbocycles. The Hall–Kier alpha value is -3.36. The lowest BCUT2D eigenvalue weighted by Crippen LogP contribution is -2.74. The van der Waals surface area contributed by atoms with Crippen LogP contribution >= 0.6 is 0 Å². The standard InChI is InChI=1S/C36H46O14/c1-12-10-19-35(8,36(9,44)32(43)50-19)24-21(12)34(7)22(28(24)45-13(2)37)20-23(29(46-14(3)38)31(34)48-16(5)40)33(6)17(25(41)26(20)42)11-18-27(49-18)30(33)47-15(4)39/h10,12,17-18,20-24,26-31,42,44H,11H2,1-9H3/t12?,17?,18-,20-,21?,22?,23?,24-,26+,27-,28?,29?,30?,31?,33-,34+,35-,36+/m0/s1. The molecule has 2 aliphatic heterocycles. The molecule has 0 aromatic rings. The van der Waals surface area contributed by atoms with Crippen LogP contribution < -0.4 is 0 Å². The van der Waals surface area contributed by atoms with Crippen molar-refractivity contribution in [3.63, 3.8) is 0 Å². The summed E-state index contributed by atoms with van der Waals surface area (Å²) in [6.45, 7) is 13.3. The summed E-state index contributed by atoms with van der Waals surface area (Å²) in [6, 6.07) is 0. The van der Waals surface area contributed by atoms with Crippen LogP contribution in [0.15, 0.2) is 11.8 Å². The Kier molecular flexibility index (Phi) is 7.59. The second-order valence-corrected chi connectivity index (χ2v) is 16.4. The zero-order valence-electron chi connectivity index (χ0n) is 29.7. The van der Waals surface area contributed by atoms with Crippen LogP contribution in [-0.4, -0.2) is 94.2 Å². The summed E-state index contributed by atoms with van der Waals surface area (Å²) < 4.78 is 36.2. The second kappa shape index (κ2) is 10.8. The zero-order chi connectivity index (χ0) is 36.8. The monoisotopic (exact) mass is 702 g/mol. The number of carbonyl (C=O) groups is 6. The van der Waals surface area contributed by atoms with Crippen LogP contribution in [0.2, 0.25) is 0 Å². The molecule has 0 spiro atoms. The lowest BCUT2D eigenvalue weighted by Gasteiger charge is -2.65. The van der Waals surface area contributed by atoms with E-state index >= 15 is 0 Å². The van der Waals surface area contributed by atoms with Gasteiger partial charge in [-0.3, -0.25) is 24.0 Å². The molecule has 2 N–H and O–H groups in total. The third kappa shape index (κ3) is 4.24. The molecular weight excluding hydrogens is 656 g/mol. The van der Waals surface area contributed by atoms with Gasteiger partial charge in [0.15, 0.2) is 11.4 Å². The maximum atomic E-state index is 14.5. The molecule has 7 rings (SSSR count). The Morgan fingerprint density at radius 1 is 0.780 bits per heavy atom. The van der Waals surface area contributed by atoms with Crippen LogP contribution in [0.5, 0.6) is 0 Å². The third-order valence-electron chi connectivity index (χ3n) is 14.1. The van der Waals surface area contributed by atoms with E-state index in [1.807, 2.05) is 6.92 Å². The van der Waals surface area contributed by atoms with E-state index in [2.05, 4.69) is 0 Å². The number of fused-ring (bicyclic) bond motifs is 10. The van der Waals surface area contributed by atoms with Crippen molar-refractivity contribution >= 4 is 35.6 Å². The molecule has 14 nitrogen and oxygen atoms in total. The van der Waals surface area contributed by atoms with E-state index in [4.69, 9.17) is 28.4 Å². The van der Waals surface area contributed by atoms with E-state index < -0.39 is 142 Å². The lowest BCUT2D eigenvalue weighted by molar-refractivity contribution is -0.272. The van der Waals surface area contributed by atoms with Crippen LogP contribution in [0, 0.1) is 57.7 Å². The summed E-state index contributed by atoms with van der Waals surface area (Å²) in [7, 11) is 0. The van der Waals surface area contributed by atoms with Crippen molar-refractivity contribution in [2.24, 2.45) is 57.7 Å². The molecule has 2 heterocycles. The number of ether oxygens (including phenoxy) is 6. The number of allylic oxidation sites excluding steroid dienone is 1. The van der Waals surface area contributed by atoms with Gasteiger partial charge in [0.2, 0.25) is 0 Å². The van der Waals surface area contributed by atoms with Crippen molar-refractivity contribution < 1.29 is 67.4 Å². The van der Waals surface area contributed by atoms with Gasteiger partial charge in [-0.2, -0.15) is 0 Å². The first kappa shape index (κ1) is 35.1. The third-order valence-corrected chi connectivity index (χ3v) is 14.1. The molecule has 7 aliphatic rings. The van der Waals surface area contributed by atoms with E-state index in [-0.39, 0.29) is 12.2 Å². The van der Waals surface area contributed by atoms with Crippen molar-refractivity contribution in [1.29, 1.82) is 0 Å². The maximum absolute atomic E-state index is 14.5. The molecule has 274 valence electrons. The van der Waals surface area contributed by atoms with Gasteiger partial charge >= 0.3 is 29.8 Å². The van der Waals surface area contributed by atoms with Crippen molar-refractivity contribution in [1.82, 2.24) is 0 Å². The molecule has 2 saturated heterocycles. The summed E-state index contributed by atoms with van der Waals surface area (Å²) in [5, 5.41) is 24.2. The molecule has 0 radical (unpaired) electrons. The first-order chi connectivity index (χ1) is 23.1. The molecule has 9 unspecified atom stereocenters. The fraction of sp³-hybridized carbons (Fsp3) is 0.778. The number of hydrogen-bond acceptors (Lipinski definition) is 14. The number of ketones is 1. The van der Waals surface area contributed by atoms with Crippen LogP contribution in [0.3, 0.4) is 0 Å². The Bertz CT molecular complexity index is 1620. The quantitative estimate of drug-likeness (QED) is 0.242. The number of aliphatic hydroxyl groups excluding tert-OH is 1. The van der Waals surface area contributed by atoms with E-state index in [1.165, 1.54) is 34.6 Å². The van der Waals surface area contributed by atoms with Gasteiger partial charge in [-0.1, -0.05) is 20.8 Å². The predicted octanol–water partition coefficient (Wildman–Crippen LogP) is 1.41. The van der Waals surface area contributed by atoms with Crippen molar-refractivity contribution in [2.75, 3.05) is 0 Å². The maximum Gasteiger partial charge on any atom is 0.343 e. The van der Waals surface area contributed by atoms with Gasteiger partial charge in [0.05, 0.1) is 11.5 Å². The van der Waals surface area contributed by atoms with Crippen LogP contribution in [0.25, 0.3) is 0 Å². The molecule has 18 atom stereocenters. The van der Waals surface area contributed by atoms with Gasteiger partial charge in [-0.15, -0.1) is 0 Å². The summed E-state index contributed by atoms with van der Waals surface area (Å²) in [5.74, 6) is -9.94. The van der Waals surface area contributed by atoms with E-state index in [9.17, 15) is 39.0 Å². The summed E-state index contributed by atoms with van der Waals surface area (Å²) in [4.78, 5) is 79.7. The molecule has 0 amide bonds. The summed E-state index contributed by atoms with van der Waals surface area (Å²) >= 11 is 0. The molecule has 0 aromatic heterocycles. The van der Waals surface area contributed by atoms with Crippen molar-refractivity contribution in [3.05, 3.63) is 11.8 Å². The number of aliphatic hydroxyl groups is 2. The average Bonchev–Trinajstić information content (AvgIpc) is 3.68. The number of carbonyl (C=O) groups excluding carboxylic acids is 6. The smallest absolute Gasteiger partial charge is 0.343 e. The highest BCUT2D eigenvalue weighted by Crippen LogP contribution is 2.76. The molecule has 6 fully saturated rings. The largest absolute Gasteiger partial charge is 0.462 e. The fourth-order valence-corrected chi connectivity index (χ4v) is 12.2. The Balaban J connectivity index is 1.53. The van der Waals surface area contributed by atoms with Crippen molar-refractivity contribution in [2.45, 2.75) is 117 Å². The normalized spacial score (nSPS) is 52.3. The average molecular weight is 703 g/mol. The van der Waals surface area contributed by atoms with Crippen LogP contribution in [0.4, 0.5) is 0 Å². The van der Waals surface area contributed by atoms with Gasteiger partial charge in [-0.05, 0) is 38.2 Å². The predicted molar refractivity (Wildman–Crippen MR) is 166 cm³/mol. The minimum absolute atomic E-state index is 0.198. The Labute approximate surface area is 289 Å². The lowest BCUT2D eigenvalue weighted by atomic mass is 9.41. The first-order valence-corrected chi connectivity index (χ1v) is 17.4. The Morgan fingerprint density at radius 2 is 1.32 bits per heavy atom. The summed E-state index contributed by atoms with van der Waals surface area (Å²) in [5.41, 5.74) is -6.23. The van der Waals surface area contributed by atoms with Gasteiger partial charge in [-0.25, -0.2) is 4.79 Å². The van der Waals surface area contributed by atoms with Crippen LogP contribution in [0.1, 0.15) is 68.7 Å². The van der Waals surface area contributed by atoms with E-state index in [0.717, 1.165) is 0 Å². The number of epoxide rings is 1. The minimum Gasteiger partial charge on any atom is -0.462 e. The molecule has 0 bridgehead atoms. The fourth-order valence-electron chi connectivity index (χ4n) is 12.2. The first-order valence-electron chi connectivity index (χ1n) is 17.4. The van der Waals surface area contributed by atoms with E-state index in [0.29, 0.717) is 0 Å². The highest BCUT2D eigenvalue weighted by molar-refractivity contribution is 5.88. The van der Waals surface area contributed by atoms with Gasteiger partial charge in [0.25, 0.3) is 0 Å². The zero-order valence-corrected chi connectivity index (χ0v) is 29.7. The number of Topliss-reactive ketones (excluding diaryl/α,β-unsaturated/α-hetero) is 1. The SMILES string of the molecule is CC(=O)OC1C(OC(C)=O)[C@@]2(C)C(C(OC(C)=O)[C@@H]3C2C(C)C=C2OC(=O)[C@@](C)(O)[C@@]23C)[C@H]2C1[C@]1(C)C(C[C@@H]3O[C@@H]3C1OC(C)=O)C(=O)[C@@H]2O. The van der Waals surface area contributed by atoms with Crippen LogP contribution in [-0.2, 0) is 57.2 Å².